The number of aromatic nitrogens is 1. The van der Waals surface area contributed by atoms with Gasteiger partial charge in [0.05, 0.1) is 29.4 Å². The van der Waals surface area contributed by atoms with Gasteiger partial charge in [-0.2, -0.15) is 0 Å². The van der Waals surface area contributed by atoms with Gasteiger partial charge in [0.1, 0.15) is 5.82 Å². The Morgan fingerprint density at radius 1 is 0.878 bits per heavy atom. The molecule has 1 aliphatic heterocycles. The molecule has 1 aliphatic rings. The molecule has 1 fully saturated rings. The highest BCUT2D eigenvalue weighted by Crippen LogP contribution is 2.31. The summed E-state index contributed by atoms with van der Waals surface area (Å²) in [5, 5.41) is 6.02. The van der Waals surface area contributed by atoms with E-state index >= 15 is 0 Å². The van der Waals surface area contributed by atoms with E-state index in [9.17, 15) is 9.59 Å². The molecule has 1 atom stereocenters. The molecule has 0 spiro atoms. The molecule has 2 aromatic carbocycles. The Hall–Kier alpha value is -4.79. The van der Waals surface area contributed by atoms with Crippen LogP contribution in [-0.2, 0) is 0 Å². The fourth-order valence-electron chi connectivity index (χ4n) is 5.04. The fourth-order valence-corrected chi connectivity index (χ4v) is 5.04. The lowest BCUT2D eigenvalue weighted by Crippen LogP contribution is -2.47. The van der Waals surface area contributed by atoms with Crippen LogP contribution in [0.3, 0.4) is 0 Å². The highest BCUT2D eigenvalue weighted by Gasteiger charge is 2.23. The lowest BCUT2D eigenvalue weighted by Gasteiger charge is -2.38. The van der Waals surface area contributed by atoms with Crippen molar-refractivity contribution in [3.63, 3.8) is 0 Å². The summed E-state index contributed by atoms with van der Waals surface area (Å²) < 4.78 is 5.31. The summed E-state index contributed by atoms with van der Waals surface area (Å²) in [7, 11) is 3.86. The van der Waals surface area contributed by atoms with Gasteiger partial charge in [-0.1, -0.05) is 24.3 Å². The van der Waals surface area contributed by atoms with Crippen LogP contribution in [0, 0.1) is 6.92 Å². The second kappa shape index (κ2) is 12.2. The highest BCUT2D eigenvalue weighted by molar-refractivity contribution is 6.05. The topological polar surface area (TPSA) is 94.0 Å². The fraction of sp³-hybridized carbons (Fsp3) is 0.281. The molecule has 0 radical (unpaired) electrons. The average molecular weight is 553 g/mol. The smallest absolute Gasteiger partial charge is 0.291 e. The van der Waals surface area contributed by atoms with E-state index in [0.29, 0.717) is 11.3 Å². The van der Waals surface area contributed by atoms with Gasteiger partial charge in [0.25, 0.3) is 11.8 Å². The molecular formula is C32H36N6O3. The Kier molecular flexibility index (Phi) is 8.24. The molecule has 2 aromatic heterocycles. The van der Waals surface area contributed by atoms with Gasteiger partial charge in [0.2, 0.25) is 0 Å². The molecular weight excluding hydrogens is 516 g/mol. The number of benzene rings is 2. The predicted octanol–water partition coefficient (Wildman–Crippen LogP) is 5.12. The third kappa shape index (κ3) is 6.35. The summed E-state index contributed by atoms with van der Waals surface area (Å²) in [6.45, 7) is 7.26. The van der Waals surface area contributed by atoms with Crippen molar-refractivity contribution in [3.8, 4) is 0 Å². The molecule has 5 rings (SSSR count). The van der Waals surface area contributed by atoms with Crippen LogP contribution in [-0.4, -0.2) is 57.1 Å². The Labute approximate surface area is 240 Å². The van der Waals surface area contributed by atoms with E-state index in [4.69, 9.17) is 4.42 Å². The van der Waals surface area contributed by atoms with E-state index in [-0.39, 0.29) is 23.6 Å². The number of carbonyl (C=O) groups is 2. The SMILES string of the molecule is Cc1ccccc1N1CCN(c2ccc(C(=O)NC(C)c3cccc(N(C)C)n3)cc2NC(=O)c2ccco2)CC1. The largest absolute Gasteiger partial charge is 0.459 e. The van der Waals surface area contributed by atoms with Crippen LogP contribution in [0.2, 0.25) is 0 Å². The van der Waals surface area contributed by atoms with Gasteiger partial charge in [0, 0.05) is 51.5 Å². The van der Waals surface area contributed by atoms with Gasteiger partial charge >= 0.3 is 0 Å². The number of rotatable bonds is 8. The third-order valence-electron chi connectivity index (χ3n) is 7.33. The first kappa shape index (κ1) is 27.8. The Bertz CT molecular complexity index is 1510. The number of hydrogen-bond donors (Lipinski definition) is 2. The Balaban J connectivity index is 1.36. The van der Waals surface area contributed by atoms with Crippen molar-refractivity contribution in [3.05, 3.63) is 102 Å². The van der Waals surface area contributed by atoms with Crippen molar-refractivity contribution in [2.75, 3.05) is 60.3 Å². The van der Waals surface area contributed by atoms with Crippen molar-refractivity contribution in [2.24, 2.45) is 0 Å². The molecule has 1 saturated heterocycles. The maximum absolute atomic E-state index is 13.3. The van der Waals surface area contributed by atoms with Crippen molar-refractivity contribution in [2.45, 2.75) is 19.9 Å². The molecule has 2 amide bonds. The second-order valence-electron chi connectivity index (χ2n) is 10.4. The van der Waals surface area contributed by atoms with Crippen LogP contribution < -0.4 is 25.3 Å². The second-order valence-corrected chi connectivity index (χ2v) is 10.4. The number of pyridine rings is 1. The molecule has 41 heavy (non-hydrogen) atoms. The monoisotopic (exact) mass is 552 g/mol. The minimum absolute atomic E-state index is 0.204. The van der Waals surface area contributed by atoms with Gasteiger partial charge in [-0.15, -0.1) is 0 Å². The number of para-hydroxylation sites is 1. The summed E-state index contributed by atoms with van der Waals surface area (Å²) in [6, 6.07) is 22.6. The number of hydrogen-bond acceptors (Lipinski definition) is 7. The van der Waals surface area contributed by atoms with Crippen LogP contribution in [0.5, 0.6) is 0 Å². The lowest BCUT2D eigenvalue weighted by atomic mass is 10.1. The number of carbonyl (C=O) groups excluding carboxylic acids is 2. The van der Waals surface area contributed by atoms with Crippen LogP contribution in [0.1, 0.15) is 45.1 Å². The summed E-state index contributed by atoms with van der Waals surface area (Å²) in [4.78, 5) is 37.5. The Morgan fingerprint density at radius 3 is 2.29 bits per heavy atom. The average Bonchev–Trinajstić information content (AvgIpc) is 3.53. The molecule has 0 bridgehead atoms. The van der Waals surface area contributed by atoms with Gasteiger partial charge in [-0.05, 0) is 67.9 Å². The molecule has 0 aliphatic carbocycles. The van der Waals surface area contributed by atoms with Crippen molar-refractivity contribution in [1.82, 2.24) is 10.3 Å². The number of nitrogens with one attached hydrogen (secondary N) is 2. The lowest BCUT2D eigenvalue weighted by molar-refractivity contribution is 0.0937. The maximum Gasteiger partial charge on any atom is 0.291 e. The van der Waals surface area contributed by atoms with E-state index in [1.807, 2.05) is 50.2 Å². The minimum atomic E-state index is -0.370. The quantitative estimate of drug-likeness (QED) is 0.313. The molecule has 4 aromatic rings. The van der Waals surface area contributed by atoms with Crippen LogP contribution in [0.25, 0.3) is 0 Å². The normalized spacial score (nSPS) is 14.0. The zero-order chi connectivity index (χ0) is 28.9. The molecule has 2 N–H and O–H groups in total. The van der Waals surface area contributed by atoms with Crippen molar-refractivity contribution < 1.29 is 14.0 Å². The zero-order valence-corrected chi connectivity index (χ0v) is 23.9. The van der Waals surface area contributed by atoms with Gasteiger partial charge < -0.3 is 29.8 Å². The molecule has 1 unspecified atom stereocenters. The first-order valence-corrected chi connectivity index (χ1v) is 13.8. The number of furan rings is 1. The van der Waals surface area contributed by atoms with E-state index < -0.39 is 0 Å². The van der Waals surface area contributed by atoms with Gasteiger partial charge in [-0.25, -0.2) is 4.98 Å². The maximum atomic E-state index is 13.3. The van der Waals surface area contributed by atoms with Crippen LogP contribution >= 0.6 is 0 Å². The highest BCUT2D eigenvalue weighted by atomic mass is 16.3. The first-order chi connectivity index (χ1) is 19.8. The zero-order valence-electron chi connectivity index (χ0n) is 23.9. The number of nitrogens with zero attached hydrogens (tertiary/aromatic N) is 4. The van der Waals surface area contributed by atoms with E-state index in [0.717, 1.165) is 43.4 Å². The van der Waals surface area contributed by atoms with Gasteiger partial charge in [0.15, 0.2) is 5.76 Å². The minimum Gasteiger partial charge on any atom is -0.459 e. The Morgan fingerprint density at radius 2 is 1.61 bits per heavy atom. The summed E-state index contributed by atoms with van der Waals surface area (Å²) >= 11 is 0. The third-order valence-corrected chi connectivity index (χ3v) is 7.33. The van der Waals surface area contributed by atoms with E-state index in [1.54, 1.807) is 24.3 Å². The van der Waals surface area contributed by atoms with E-state index in [2.05, 4.69) is 56.6 Å². The molecule has 0 saturated carbocycles. The predicted molar refractivity (Wildman–Crippen MR) is 163 cm³/mol. The number of piperazine rings is 1. The number of aryl methyl sites for hydroxylation is 1. The first-order valence-electron chi connectivity index (χ1n) is 13.8. The molecule has 9 heteroatoms. The summed E-state index contributed by atoms with van der Waals surface area (Å²) in [6.07, 6.45) is 1.46. The van der Waals surface area contributed by atoms with Crippen LogP contribution in [0.4, 0.5) is 22.9 Å². The number of amides is 2. The van der Waals surface area contributed by atoms with Crippen LogP contribution in [0.15, 0.2) is 83.5 Å². The molecule has 212 valence electrons. The van der Waals surface area contributed by atoms with Gasteiger partial charge in [-0.3, -0.25) is 9.59 Å². The summed E-state index contributed by atoms with van der Waals surface area (Å²) in [5.74, 6) is 0.401. The van der Waals surface area contributed by atoms with E-state index in [1.165, 1.54) is 17.5 Å². The molecule has 9 nitrogen and oxygen atoms in total. The molecule has 3 heterocycles. The van der Waals surface area contributed by atoms with Crippen molar-refractivity contribution >= 4 is 34.7 Å². The standard InChI is InChI=1S/C32H36N6O3/c1-22-9-5-6-11-27(22)37-16-18-38(19-17-37)28-15-14-24(21-26(28)35-32(40)29-12-8-20-41-29)31(39)33-23(2)25-10-7-13-30(34-25)36(3)4/h5-15,20-21,23H,16-19H2,1-4H3,(H,33,39)(H,35,40). The number of anilines is 4. The summed E-state index contributed by atoms with van der Waals surface area (Å²) in [5.41, 5.74) is 5.12. The van der Waals surface area contributed by atoms with Crippen molar-refractivity contribution in [1.29, 1.82) is 0 Å².